The number of nitrogens with one attached hydrogen (secondary N) is 1. The Morgan fingerprint density at radius 1 is 1.24 bits per heavy atom. The number of hydrazone groups is 1. The van der Waals surface area contributed by atoms with Gasteiger partial charge >= 0.3 is 0 Å². The highest BCUT2D eigenvalue weighted by atomic mass is 127. The highest BCUT2D eigenvalue weighted by Gasteiger charge is 2.11. The summed E-state index contributed by atoms with van der Waals surface area (Å²) in [6.45, 7) is 5.42. The number of amides is 1. The molecule has 5 nitrogen and oxygen atoms in total. The first kappa shape index (κ1) is 17.9. The van der Waals surface area contributed by atoms with Crippen molar-refractivity contribution in [2.45, 2.75) is 6.92 Å². The van der Waals surface area contributed by atoms with Crippen LogP contribution in [0.4, 0.5) is 5.69 Å². The van der Waals surface area contributed by atoms with E-state index in [0.717, 1.165) is 41.0 Å². The van der Waals surface area contributed by atoms with Crippen LogP contribution in [0.1, 0.15) is 21.5 Å². The maximum atomic E-state index is 12.1. The van der Waals surface area contributed by atoms with Gasteiger partial charge in [0.1, 0.15) is 0 Å². The minimum Gasteiger partial charge on any atom is -0.378 e. The fourth-order valence-electron chi connectivity index (χ4n) is 2.68. The van der Waals surface area contributed by atoms with Crippen LogP contribution < -0.4 is 10.3 Å². The van der Waals surface area contributed by atoms with Crippen LogP contribution in [0.15, 0.2) is 47.6 Å². The number of hydrogen-bond donors (Lipinski definition) is 1. The van der Waals surface area contributed by atoms with Crippen LogP contribution in [0.25, 0.3) is 0 Å². The first-order chi connectivity index (χ1) is 12.1. The number of hydrogen-bond acceptors (Lipinski definition) is 4. The molecule has 6 heteroatoms. The Bertz CT molecular complexity index is 786. The van der Waals surface area contributed by atoms with Crippen LogP contribution in [0.3, 0.4) is 0 Å². The molecule has 1 aliphatic heterocycles. The van der Waals surface area contributed by atoms with Crippen LogP contribution in [-0.2, 0) is 4.74 Å². The van der Waals surface area contributed by atoms with Gasteiger partial charge in [0.15, 0.2) is 0 Å². The monoisotopic (exact) mass is 449 g/mol. The summed E-state index contributed by atoms with van der Waals surface area (Å²) in [5, 5.41) is 4.09. The van der Waals surface area contributed by atoms with Gasteiger partial charge in [-0.25, -0.2) is 5.43 Å². The highest BCUT2D eigenvalue weighted by Crippen LogP contribution is 2.19. The van der Waals surface area contributed by atoms with Crippen molar-refractivity contribution in [2.75, 3.05) is 31.2 Å². The van der Waals surface area contributed by atoms with Crippen LogP contribution in [-0.4, -0.2) is 38.4 Å². The summed E-state index contributed by atoms with van der Waals surface area (Å²) < 4.78 is 6.41. The second kappa shape index (κ2) is 8.44. The average Bonchev–Trinajstić information content (AvgIpc) is 2.63. The fraction of sp³-hybridized carbons (Fsp3) is 0.263. The van der Waals surface area contributed by atoms with Gasteiger partial charge in [-0.15, -0.1) is 0 Å². The molecule has 1 N–H and O–H groups in total. The molecule has 130 valence electrons. The predicted octanol–water partition coefficient (Wildman–Crippen LogP) is 3.20. The Labute approximate surface area is 161 Å². The normalized spacial score (nSPS) is 14.7. The number of halogens is 1. The Kier molecular flexibility index (Phi) is 6.04. The van der Waals surface area contributed by atoms with E-state index in [9.17, 15) is 4.79 Å². The molecule has 1 heterocycles. The van der Waals surface area contributed by atoms with Crippen molar-refractivity contribution < 1.29 is 9.53 Å². The molecule has 0 bridgehead atoms. The molecule has 2 aromatic rings. The van der Waals surface area contributed by atoms with Crippen molar-refractivity contribution in [3.8, 4) is 0 Å². The van der Waals surface area contributed by atoms with Gasteiger partial charge in [0, 0.05) is 27.9 Å². The first-order valence-electron chi connectivity index (χ1n) is 8.16. The first-order valence-corrected chi connectivity index (χ1v) is 9.24. The van der Waals surface area contributed by atoms with Crippen LogP contribution >= 0.6 is 22.6 Å². The molecule has 25 heavy (non-hydrogen) atoms. The van der Waals surface area contributed by atoms with E-state index in [0.29, 0.717) is 5.56 Å². The number of benzene rings is 2. The van der Waals surface area contributed by atoms with Gasteiger partial charge < -0.3 is 9.64 Å². The average molecular weight is 449 g/mol. The minimum absolute atomic E-state index is 0.211. The molecule has 0 radical (unpaired) electrons. The van der Waals surface area contributed by atoms with Crippen molar-refractivity contribution in [1.82, 2.24) is 5.43 Å². The summed E-state index contributed by atoms with van der Waals surface area (Å²) in [6.07, 6.45) is 1.68. The van der Waals surface area contributed by atoms with E-state index in [1.165, 1.54) is 5.69 Å². The number of rotatable bonds is 4. The molecule has 1 amide bonds. The van der Waals surface area contributed by atoms with E-state index in [2.05, 4.69) is 50.2 Å². The molecule has 1 saturated heterocycles. The van der Waals surface area contributed by atoms with Gasteiger partial charge in [0.05, 0.1) is 19.4 Å². The molecule has 2 aromatic carbocycles. The third kappa shape index (κ3) is 4.79. The molecule has 0 aromatic heterocycles. The van der Waals surface area contributed by atoms with Gasteiger partial charge in [-0.05, 0) is 71.0 Å². The van der Waals surface area contributed by atoms with Crippen molar-refractivity contribution in [1.29, 1.82) is 0 Å². The second-order valence-electron chi connectivity index (χ2n) is 5.85. The largest absolute Gasteiger partial charge is 0.378 e. The maximum Gasteiger partial charge on any atom is 0.271 e. The zero-order valence-electron chi connectivity index (χ0n) is 14.0. The van der Waals surface area contributed by atoms with Gasteiger partial charge in [-0.2, -0.15) is 5.10 Å². The van der Waals surface area contributed by atoms with E-state index in [1.807, 2.05) is 31.2 Å². The van der Waals surface area contributed by atoms with Gasteiger partial charge in [0.2, 0.25) is 0 Å². The van der Waals surface area contributed by atoms with E-state index < -0.39 is 0 Å². The van der Waals surface area contributed by atoms with Gasteiger partial charge in [-0.1, -0.05) is 12.1 Å². The highest BCUT2D eigenvalue weighted by molar-refractivity contribution is 14.1. The van der Waals surface area contributed by atoms with Crippen molar-refractivity contribution >= 4 is 40.4 Å². The maximum absolute atomic E-state index is 12.1. The number of morpholine rings is 1. The lowest BCUT2D eigenvalue weighted by Crippen LogP contribution is -2.36. The molecule has 0 saturated carbocycles. The number of ether oxygens (including phenoxy) is 1. The number of carbonyl (C=O) groups excluding carboxylic acids is 1. The van der Waals surface area contributed by atoms with E-state index >= 15 is 0 Å². The van der Waals surface area contributed by atoms with Crippen molar-refractivity contribution in [2.24, 2.45) is 5.10 Å². The van der Waals surface area contributed by atoms with Crippen LogP contribution in [0.5, 0.6) is 0 Å². The lowest BCUT2D eigenvalue weighted by molar-refractivity contribution is 0.0955. The van der Waals surface area contributed by atoms with Crippen molar-refractivity contribution in [3.05, 3.63) is 62.7 Å². The molecule has 0 unspecified atom stereocenters. The summed E-state index contributed by atoms with van der Waals surface area (Å²) in [5.74, 6) is -0.211. The third-order valence-corrected chi connectivity index (χ3v) is 4.76. The number of anilines is 1. The van der Waals surface area contributed by atoms with E-state index in [-0.39, 0.29) is 5.91 Å². The number of aryl methyl sites for hydroxylation is 1. The zero-order chi connectivity index (χ0) is 17.6. The van der Waals surface area contributed by atoms with Crippen LogP contribution in [0, 0.1) is 10.5 Å². The summed E-state index contributed by atoms with van der Waals surface area (Å²) in [5.41, 5.74) is 6.48. The molecule has 0 atom stereocenters. The molecular weight excluding hydrogens is 429 g/mol. The van der Waals surface area contributed by atoms with E-state index in [4.69, 9.17) is 4.74 Å². The Hall–Kier alpha value is -1.93. The Morgan fingerprint density at radius 3 is 2.76 bits per heavy atom. The SMILES string of the molecule is Cc1cc(N2CCOCC2)ccc1/C=N\NC(=O)c1cccc(I)c1. The summed E-state index contributed by atoms with van der Waals surface area (Å²) >= 11 is 2.18. The molecule has 1 fully saturated rings. The lowest BCUT2D eigenvalue weighted by atomic mass is 10.1. The quantitative estimate of drug-likeness (QED) is 0.443. The standard InChI is InChI=1S/C19H20IN3O2/c1-14-11-18(23-7-9-25-10-8-23)6-5-16(14)13-21-22-19(24)15-3-2-4-17(20)12-15/h2-6,11-13H,7-10H2,1H3,(H,22,24)/b21-13-. The second-order valence-corrected chi connectivity index (χ2v) is 7.10. The van der Waals surface area contributed by atoms with Crippen LogP contribution in [0.2, 0.25) is 0 Å². The van der Waals surface area contributed by atoms with Gasteiger partial charge in [0.25, 0.3) is 5.91 Å². The van der Waals surface area contributed by atoms with Gasteiger partial charge in [-0.3, -0.25) is 4.79 Å². The molecule has 0 aliphatic carbocycles. The number of nitrogens with zero attached hydrogens (tertiary/aromatic N) is 2. The fourth-order valence-corrected chi connectivity index (χ4v) is 3.22. The summed E-state index contributed by atoms with van der Waals surface area (Å²) in [7, 11) is 0. The molecule has 1 aliphatic rings. The molecule has 0 spiro atoms. The smallest absolute Gasteiger partial charge is 0.271 e. The topological polar surface area (TPSA) is 53.9 Å². The Morgan fingerprint density at radius 2 is 2.04 bits per heavy atom. The third-order valence-electron chi connectivity index (χ3n) is 4.09. The number of carbonyl (C=O) groups is 1. The summed E-state index contributed by atoms with van der Waals surface area (Å²) in [6, 6.07) is 13.7. The summed E-state index contributed by atoms with van der Waals surface area (Å²) in [4.78, 5) is 14.4. The zero-order valence-corrected chi connectivity index (χ0v) is 16.2. The minimum atomic E-state index is -0.211. The molecular formula is C19H20IN3O2. The lowest BCUT2D eigenvalue weighted by Gasteiger charge is -2.29. The van der Waals surface area contributed by atoms with E-state index in [1.54, 1.807) is 12.3 Å². The predicted molar refractivity (Wildman–Crippen MR) is 108 cm³/mol. The molecule has 3 rings (SSSR count). The Balaban J connectivity index is 1.64. The van der Waals surface area contributed by atoms with Crippen molar-refractivity contribution in [3.63, 3.8) is 0 Å².